The van der Waals surface area contributed by atoms with Crippen LogP contribution in [0.25, 0.3) is 0 Å². The Balaban J connectivity index is 2.17. The van der Waals surface area contributed by atoms with E-state index in [9.17, 15) is 18.0 Å². The molecule has 0 atom stereocenters. The third kappa shape index (κ3) is 3.48. The van der Waals surface area contributed by atoms with Gasteiger partial charge in [0.1, 0.15) is 0 Å². The van der Waals surface area contributed by atoms with Gasteiger partial charge in [-0.05, 0) is 42.3 Å². The normalized spacial score (nSPS) is 10.6. The Bertz CT molecular complexity index is 659. The minimum Gasteiger partial charge on any atom is -0.279 e. The summed E-state index contributed by atoms with van der Waals surface area (Å²) in [6, 6.07) is 12.9. The summed E-state index contributed by atoms with van der Waals surface area (Å²) < 4.78 is 37.1. The van der Waals surface area contributed by atoms with E-state index in [0.29, 0.717) is 5.56 Å². The highest BCUT2D eigenvalue weighted by molar-refractivity contribution is 6.09. The fraction of sp³-hybridized carbons (Fsp3) is 0.0625. The second-order valence-corrected chi connectivity index (χ2v) is 4.02. The molecule has 0 saturated carbocycles. The summed E-state index contributed by atoms with van der Waals surface area (Å²) in [5.41, 5.74) is 0.0271. The average Bonchev–Trinajstić information content (AvgIpc) is 2.45. The van der Waals surface area contributed by atoms with Crippen molar-refractivity contribution in [1.29, 1.82) is 0 Å². The summed E-state index contributed by atoms with van der Waals surface area (Å²) >= 11 is 0. The van der Waals surface area contributed by atoms with Crippen LogP contribution in [0.4, 0.5) is 13.2 Å². The van der Waals surface area contributed by atoms with Crippen molar-refractivity contribution in [3.63, 3.8) is 0 Å². The van der Waals surface area contributed by atoms with Crippen LogP contribution in [-0.4, -0.2) is 5.78 Å². The lowest BCUT2D eigenvalue weighted by Gasteiger charge is -2.05. The lowest BCUT2D eigenvalue weighted by atomic mass is 10.1. The summed E-state index contributed by atoms with van der Waals surface area (Å²) in [5, 5.41) is 0. The number of carbonyl (C=O) groups is 1. The Kier molecular flexibility index (Phi) is 3.90. The van der Waals surface area contributed by atoms with Gasteiger partial charge in [0.15, 0.2) is 0 Å². The van der Waals surface area contributed by atoms with E-state index in [0.717, 1.165) is 24.3 Å². The van der Waals surface area contributed by atoms with Gasteiger partial charge in [-0.25, -0.2) is 0 Å². The van der Waals surface area contributed by atoms with E-state index in [1.54, 1.807) is 24.3 Å². The molecule has 2 aromatic carbocycles. The van der Waals surface area contributed by atoms with Gasteiger partial charge in [0, 0.05) is 11.1 Å². The number of benzene rings is 2. The van der Waals surface area contributed by atoms with Crippen molar-refractivity contribution in [2.24, 2.45) is 0 Å². The van der Waals surface area contributed by atoms with Gasteiger partial charge in [0.25, 0.3) is 0 Å². The minimum absolute atomic E-state index is 0.140. The van der Waals surface area contributed by atoms with Gasteiger partial charge in [-0.15, -0.1) is 0 Å². The van der Waals surface area contributed by atoms with Gasteiger partial charge in [-0.3, -0.25) is 4.79 Å². The monoisotopic (exact) mass is 274 g/mol. The number of carbonyl (C=O) groups excluding carboxylic acids is 1. The second-order valence-electron chi connectivity index (χ2n) is 4.02. The van der Waals surface area contributed by atoms with Crippen molar-refractivity contribution >= 4 is 5.78 Å². The number of rotatable bonds is 1. The molecule has 100 valence electrons. The third-order valence-corrected chi connectivity index (χ3v) is 2.57. The molecule has 0 radical (unpaired) electrons. The molecule has 0 aliphatic heterocycles. The van der Waals surface area contributed by atoms with Crippen LogP contribution in [0.5, 0.6) is 0 Å². The maximum absolute atomic E-state index is 12.4. The van der Waals surface area contributed by atoms with Gasteiger partial charge >= 0.3 is 6.18 Å². The predicted octanol–water partition coefficient (Wildman–Crippen LogP) is 3.94. The molecule has 1 nitrogen and oxygen atoms in total. The molecule has 0 unspecified atom stereocenters. The van der Waals surface area contributed by atoms with Gasteiger partial charge in [0.2, 0.25) is 5.78 Å². The van der Waals surface area contributed by atoms with E-state index in [-0.39, 0.29) is 5.56 Å². The first kappa shape index (κ1) is 13.9. The first-order valence-corrected chi connectivity index (χ1v) is 5.75. The zero-order valence-corrected chi connectivity index (χ0v) is 10.2. The molecule has 2 rings (SSSR count). The van der Waals surface area contributed by atoms with E-state index in [2.05, 4.69) is 11.8 Å². The molecule has 0 amide bonds. The average molecular weight is 274 g/mol. The van der Waals surface area contributed by atoms with E-state index in [4.69, 9.17) is 0 Å². The molecule has 0 N–H and O–H groups in total. The number of ketones is 1. The smallest absolute Gasteiger partial charge is 0.279 e. The summed E-state index contributed by atoms with van der Waals surface area (Å²) in [6.45, 7) is 0. The van der Waals surface area contributed by atoms with Crippen molar-refractivity contribution in [3.8, 4) is 11.8 Å². The van der Waals surface area contributed by atoms with Crippen LogP contribution in [0.1, 0.15) is 21.5 Å². The topological polar surface area (TPSA) is 17.1 Å². The molecular weight excluding hydrogens is 265 g/mol. The first-order valence-electron chi connectivity index (χ1n) is 5.75. The van der Waals surface area contributed by atoms with E-state index in [1.807, 2.05) is 6.07 Å². The SMILES string of the molecule is O=C(C#Cc1ccccc1)c1ccc(C(F)(F)F)cc1. The van der Waals surface area contributed by atoms with Crippen LogP contribution < -0.4 is 0 Å². The molecule has 0 aromatic heterocycles. The number of Topliss-reactive ketones (excluding diaryl/α,β-unsaturated/α-hetero) is 1. The van der Waals surface area contributed by atoms with Gasteiger partial charge in [-0.2, -0.15) is 13.2 Å². The lowest BCUT2D eigenvalue weighted by Crippen LogP contribution is -2.05. The molecule has 0 aliphatic carbocycles. The zero-order valence-electron chi connectivity index (χ0n) is 10.2. The second kappa shape index (κ2) is 5.62. The third-order valence-electron chi connectivity index (χ3n) is 2.57. The summed E-state index contributed by atoms with van der Waals surface area (Å²) in [5.74, 6) is 4.56. The highest BCUT2D eigenvalue weighted by atomic mass is 19.4. The molecule has 0 saturated heterocycles. The standard InChI is InChI=1S/C16H9F3O/c17-16(18,19)14-9-7-13(8-10-14)15(20)11-6-12-4-2-1-3-5-12/h1-5,7-10H. The van der Waals surface area contributed by atoms with Crippen LogP contribution in [-0.2, 0) is 6.18 Å². The fourth-order valence-corrected chi connectivity index (χ4v) is 1.53. The summed E-state index contributed by atoms with van der Waals surface area (Å²) in [7, 11) is 0. The van der Waals surface area contributed by atoms with Crippen molar-refractivity contribution < 1.29 is 18.0 Å². The fourth-order valence-electron chi connectivity index (χ4n) is 1.53. The lowest BCUT2D eigenvalue weighted by molar-refractivity contribution is -0.137. The molecule has 2 aromatic rings. The molecular formula is C16H9F3O. The number of alkyl halides is 3. The maximum Gasteiger partial charge on any atom is 0.416 e. The molecule has 20 heavy (non-hydrogen) atoms. The Morgan fingerprint density at radius 1 is 0.900 bits per heavy atom. The Morgan fingerprint density at radius 3 is 2.05 bits per heavy atom. The minimum atomic E-state index is -4.41. The van der Waals surface area contributed by atoms with E-state index in [1.165, 1.54) is 0 Å². The number of hydrogen-bond acceptors (Lipinski definition) is 1. The largest absolute Gasteiger partial charge is 0.416 e. The maximum atomic E-state index is 12.4. The van der Waals surface area contributed by atoms with Crippen LogP contribution in [0.15, 0.2) is 54.6 Å². The highest BCUT2D eigenvalue weighted by Gasteiger charge is 2.30. The van der Waals surface area contributed by atoms with Crippen molar-refractivity contribution in [2.75, 3.05) is 0 Å². The molecule has 4 heteroatoms. The van der Waals surface area contributed by atoms with Gasteiger partial charge < -0.3 is 0 Å². The first-order chi connectivity index (χ1) is 9.47. The van der Waals surface area contributed by atoms with E-state index < -0.39 is 17.5 Å². The van der Waals surface area contributed by atoms with Gasteiger partial charge in [0.05, 0.1) is 5.56 Å². The number of hydrogen-bond donors (Lipinski definition) is 0. The zero-order chi connectivity index (χ0) is 14.6. The number of halogens is 3. The Hall–Kier alpha value is -2.54. The van der Waals surface area contributed by atoms with Crippen LogP contribution in [0.2, 0.25) is 0 Å². The van der Waals surface area contributed by atoms with Crippen molar-refractivity contribution in [1.82, 2.24) is 0 Å². The van der Waals surface area contributed by atoms with Crippen molar-refractivity contribution in [3.05, 3.63) is 71.3 Å². The predicted molar refractivity (Wildman–Crippen MR) is 69.1 cm³/mol. The van der Waals surface area contributed by atoms with Crippen LogP contribution >= 0.6 is 0 Å². The Morgan fingerprint density at radius 2 is 1.50 bits per heavy atom. The molecule has 0 spiro atoms. The van der Waals surface area contributed by atoms with Gasteiger partial charge in [-0.1, -0.05) is 24.1 Å². The summed E-state index contributed by atoms with van der Waals surface area (Å²) in [6.07, 6.45) is -4.41. The molecule has 0 bridgehead atoms. The van der Waals surface area contributed by atoms with Crippen molar-refractivity contribution in [2.45, 2.75) is 6.18 Å². The molecule has 0 aliphatic rings. The quantitative estimate of drug-likeness (QED) is 0.568. The van der Waals surface area contributed by atoms with E-state index >= 15 is 0 Å². The Labute approximate surface area is 114 Å². The highest BCUT2D eigenvalue weighted by Crippen LogP contribution is 2.29. The van der Waals surface area contributed by atoms with Crippen LogP contribution in [0.3, 0.4) is 0 Å². The summed E-state index contributed by atoms with van der Waals surface area (Å²) in [4.78, 5) is 11.7. The molecule has 0 heterocycles. The molecule has 0 fully saturated rings. The van der Waals surface area contributed by atoms with Crippen LogP contribution in [0, 0.1) is 11.8 Å².